The minimum absolute atomic E-state index is 0. The number of rotatable bonds is 5. The van der Waals surface area contributed by atoms with Gasteiger partial charge in [0.1, 0.15) is 0 Å². The maximum absolute atomic E-state index is 8.43. The summed E-state index contributed by atoms with van der Waals surface area (Å²) in [7, 11) is 0. The summed E-state index contributed by atoms with van der Waals surface area (Å²) in [5.41, 5.74) is 1.38. The fourth-order valence-corrected chi connectivity index (χ4v) is 1.23. The van der Waals surface area contributed by atoms with Crippen LogP contribution in [-0.2, 0) is 39.1 Å². The predicted molar refractivity (Wildman–Crippen MR) is 69.2 cm³/mol. The van der Waals surface area contributed by atoms with E-state index in [-0.39, 0.29) is 39.3 Å². The second-order valence-electron chi connectivity index (χ2n) is 3.42. The summed E-state index contributed by atoms with van der Waals surface area (Å²) in [4.78, 5) is 2.07. The van der Waals surface area contributed by atoms with Gasteiger partial charge in [-0.25, -0.2) is 0 Å². The monoisotopic (exact) mass is 310 g/mol. The number of nitrogens with zero attached hydrogens (tertiary/aromatic N) is 1. The number of likely N-dealkylation sites (N-methyl/N-ethyl adjacent to an activating group) is 1. The Morgan fingerprint density at radius 1 is 1.29 bits per heavy atom. The Hall–Kier alpha value is 0.244. The molecule has 0 saturated heterocycles. The van der Waals surface area contributed by atoms with Gasteiger partial charge >= 0.3 is 0 Å². The Morgan fingerprint density at radius 2 is 1.88 bits per heavy atom. The first-order valence-electron chi connectivity index (χ1n) is 5.85. The fourth-order valence-electron chi connectivity index (χ4n) is 1.23. The SMILES string of the molecule is CCc1cc[c-]cc1.[CH2-]CN(CC)CCO.[Y]. The van der Waals surface area contributed by atoms with Crippen molar-refractivity contribution in [1.29, 1.82) is 0 Å². The maximum Gasteiger partial charge on any atom is 0.0557 e. The van der Waals surface area contributed by atoms with Gasteiger partial charge in [0.25, 0.3) is 0 Å². The summed E-state index contributed by atoms with van der Waals surface area (Å²) >= 11 is 0. The van der Waals surface area contributed by atoms with Gasteiger partial charge in [-0.2, -0.15) is 35.9 Å². The van der Waals surface area contributed by atoms with Crippen molar-refractivity contribution in [3.8, 4) is 0 Å². The van der Waals surface area contributed by atoms with Crippen LogP contribution in [0.2, 0.25) is 0 Å². The van der Waals surface area contributed by atoms with E-state index in [2.05, 4.69) is 43.9 Å². The smallest absolute Gasteiger partial charge is 0.0557 e. The van der Waals surface area contributed by atoms with E-state index in [1.54, 1.807) is 0 Å². The topological polar surface area (TPSA) is 23.5 Å². The largest absolute Gasteiger partial charge is 0.395 e. The predicted octanol–water partition coefficient (Wildman–Crippen LogP) is 2.18. The first-order valence-corrected chi connectivity index (χ1v) is 5.85. The normalized spacial score (nSPS) is 9.24. The molecule has 0 atom stereocenters. The van der Waals surface area contributed by atoms with Crippen molar-refractivity contribution >= 4 is 0 Å². The molecule has 0 fully saturated rings. The van der Waals surface area contributed by atoms with Crippen LogP contribution in [0.25, 0.3) is 0 Å². The number of hydrogen-bond acceptors (Lipinski definition) is 2. The molecule has 2 nitrogen and oxygen atoms in total. The van der Waals surface area contributed by atoms with Crippen molar-refractivity contribution in [1.82, 2.24) is 4.90 Å². The minimum Gasteiger partial charge on any atom is -0.395 e. The van der Waals surface area contributed by atoms with Crippen LogP contribution in [0.4, 0.5) is 0 Å². The van der Waals surface area contributed by atoms with E-state index in [0.29, 0.717) is 0 Å². The molecule has 1 radical (unpaired) electrons. The third-order valence-corrected chi connectivity index (χ3v) is 2.38. The van der Waals surface area contributed by atoms with Crippen LogP contribution in [0.3, 0.4) is 0 Å². The molecule has 1 N–H and O–H groups in total. The standard InChI is InChI=1S/C8H9.C6H14NO.Y/c1-2-8-6-4-3-5-7-8;1-3-7(4-2)5-6-8;/h4-7H,2H2,1H3;8H,1,3-6H2,2H3;/q2*-1;. The van der Waals surface area contributed by atoms with E-state index >= 15 is 0 Å². The Morgan fingerprint density at radius 3 is 2.12 bits per heavy atom. The number of aliphatic hydroxyl groups is 1. The van der Waals surface area contributed by atoms with Crippen LogP contribution < -0.4 is 0 Å². The van der Waals surface area contributed by atoms with Crippen molar-refractivity contribution < 1.29 is 37.8 Å². The zero-order chi connectivity index (χ0) is 12.2. The maximum atomic E-state index is 8.43. The summed E-state index contributed by atoms with van der Waals surface area (Å²) in [6.07, 6.45) is 1.12. The van der Waals surface area contributed by atoms with E-state index in [9.17, 15) is 0 Å². The molecule has 0 bridgehead atoms. The molecule has 0 aromatic heterocycles. The molecule has 0 spiro atoms. The molecule has 1 aromatic carbocycles. The summed E-state index contributed by atoms with van der Waals surface area (Å²) in [6, 6.07) is 11.0. The van der Waals surface area contributed by atoms with Gasteiger partial charge < -0.3 is 16.9 Å². The Labute approximate surface area is 131 Å². The average Bonchev–Trinajstić information content (AvgIpc) is 2.37. The van der Waals surface area contributed by atoms with Gasteiger partial charge in [-0.1, -0.05) is 20.3 Å². The van der Waals surface area contributed by atoms with Crippen LogP contribution in [0.5, 0.6) is 0 Å². The third-order valence-electron chi connectivity index (χ3n) is 2.38. The Bertz CT molecular complexity index is 237. The van der Waals surface area contributed by atoms with Crippen LogP contribution in [0, 0.1) is 13.0 Å². The zero-order valence-electron chi connectivity index (χ0n) is 11.0. The first-order chi connectivity index (χ1) is 7.78. The molecule has 0 aliphatic rings. The molecular formula is C14H23NOY-2. The van der Waals surface area contributed by atoms with Crippen molar-refractivity contribution in [3.63, 3.8) is 0 Å². The molecule has 0 amide bonds. The zero-order valence-corrected chi connectivity index (χ0v) is 13.9. The van der Waals surface area contributed by atoms with Gasteiger partial charge in [-0.3, -0.25) is 0 Å². The van der Waals surface area contributed by atoms with E-state index in [4.69, 9.17) is 5.11 Å². The second-order valence-corrected chi connectivity index (χ2v) is 3.42. The van der Waals surface area contributed by atoms with Gasteiger partial charge in [0.2, 0.25) is 0 Å². The first kappa shape index (κ1) is 19.6. The van der Waals surface area contributed by atoms with Gasteiger partial charge in [0, 0.05) is 39.3 Å². The van der Waals surface area contributed by atoms with E-state index in [1.165, 1.54) is 5.56 Å². The van der Waals surface area contributed by atoms with Crippen molar-refractivity contribution in [2.24, 2.45) is 0 Å². The molecule has 0 saturated carbocycles. The molecule has 1 aromatic rings. The van der Waals surface area contributed by atoms with Gasteiger partial charge in [0.05, 0.1) is 6.61 Å². The fraction of sp³-hybridized carbons (Fsp3) is 0.500. The Balaban J connectivity index is 0. The minimum atomic E-state index is 0. The van der Waals surface area contributed by atoms with Crippen molar-refractivity contribution in [2.75, 3.05) is 26.2 Å². The van der Waals surface area contributed by atoms with Crippen LogP contribution >= 0.6 is 0 Å². The molecule has 0 heterocycles. The Kier molecular flexibility index (Phi) is 16.5. The van der Waals surface area contributed by atoms with E-state index < -0.39 is 0 Å². The average molecular weight is 310 g/mol. The van der Waals surface area contributed by atoms with Crippen LogP contribution in [0.1, 0.15) is 19.4 Å². The molecule has 0 unspecified atom stereocenters. The summed E-state index contributed by atoms with van der Waals surface area (Å²) < 4.78 is 0. The number of aryl methyl sites for hydroxylation is 1. The molecule has 3 heteroatoms. The summed E-state index contributed by atoms with van der Waals surface area (Å²) in [5.74, 6) is 0. The molecule has 0 aliphatic carbocycles. The summed E-state index contributed by atoms with van der Waals surface area (Å²) in [5, 5.41) is 8.43. The molecule has 17 heavy (non-hydrogen) atoms. The van der Waals surface area contributed by atoms with Crippen LogP contribution in [-0.4, -0.2) is 36.2 Å². The quantitative estimate of drug-likeness (QED) is 0.843. The van der Waals surface area contributed by atoms with Crippen molar-refractivity contribution in [2.45, 2.75) is 20.3 Å². The molecule has 95 valence electrons. The second kappa shape index (κ2) is 14.3. The molecular weight excluding hydrogens is 287 g/mol. The van der Waals surface area contributed by atoms with Gasteiger partial charge in [-0.05, 0) is 6.54 Å². The van der Waals surface area contributed by atoms with Gasteiger partial charge in [0.15, 0.2) is 0 Å². The number of aliphatic hydroxyl groups excluding tert-OH is 1. The number of benzene rings is 1. The van der Waals surface area contributed by atoms with Crippen molar-refractivity contribution in [3.05, 3.63) is 42.8 Å². The molecule has 0 aliphatic heterocycles. The molecule has 1 rings (SSSR count). The van der Waals surface area contributed by atoms with Gasteiger partial charge in [-0.15, -0.1) is 6.54 Å². The third kappa shape index (κ3) is 11.1. The van der Waals surface area contributed by atoms with Crippen LogP contribution in [0.15, 0.2) is 24.3 Å². The van der Waals surface area contributed by atoms with E-state index in [0.717, 1.165) is 26.1 Å². The summed E-state index contributed by atoms with van der Waals surface area (Å²) in [6.45, 7) is 10.6. The number of hydrogen-bond donors (Lipinski definition) is 1. The van der Waals surface area contributed by atoms with E-state index in [1.807, 2.05) is 12.1 Å².